The van der Waals surface area contributed by atoms with Gasteiger partial charge < -0.3 is 9.84 Å². The quantitative estimate of drug-likeness (QED) is 0.719. The minimum atomic E-state index is -0.652. The molecule has 0 aromatic carbocycles. The third kappa shape index (κ3) is 4.64. The van der Waals surface area contributed by atoms with Crippen LogP contribution in [0.25, 0.3) is 0 Å². The zero-order chi connectivity index (χ0) is 12.9. The van der Waals surface area contributed by atoms with E-state index in [1.807, 2.05) is 20.8 Å². The molecule has 1 saturated heterocycles. The topological polar surface area (TPSA) is 49.8 Å². The van der Waals surface area contributed by atoms with Crippen LogP contribution in [0.5, 0.6) is 0 Å². The van der Waals surface area contributed by atoms with Crippen molar-refractivity contribution in [1.29, 1.82) is 0 Å². The van der Waals surface area contributed by atoms with Crippen molar-refractivity contribution in [3.05, 3.63) is 0 Å². The molecule has 1 unspecified atom stereocenters. The van der Waals surface area contributed by atoms with Gasteiger partial charge in [0.25, 0.3) is 0 Å². The molecular weight excluding hydrogens is 218 g/mol. The van der Waals surface area contributed by atoms with E-state index in [9.17, 15) is 9.90 Å². The highest BCUT2D eigenvalue weighted by Gasteiger charge is 2.35. The van der Waals surface area contributed by atoms with E-state index in [0.717, 1.165) is 32.4 Å². The van der Waals surface area contributed by atoms with Crippen molar-refractivity contribution in [1.82, 2.24) is 4.90 Å². The first-order chi connectivity index (χ1) is 7.95. The number of likely N-dealkylation sites (tertiary alicyclic amines) is 1. The van der Waals surface area contributed by atoms with Crippen LogP contribution >= 0.6 is 0 Å². The molecule has 0 saturated carbocycles. The molecule has 0 spiro atoms. The van der Waals surface area contributed by atoms with Gasteiger partial charge in [-0.2, -0.15) is 0 Å². The van der Waals surface area contributed by atoms with E-state index in [1.165, 1.54) is 0 Å². The van der Waals surface area contributed by atoms with Crippen LogP contribution < -0.4 is 0 Å². The van der Waals surface area contributed by atoms with Gasteiger partial charge in [-0.15, -0.1) is 0 Å². The van der Waals surface area contributed by atoms with Crippen molar-refractivity contribution in [3.63, 3.8) is 0 Å². The molecule has 4 nitrogen and oxygen atoms in total. The Morgan fingerprint density at radius 2 is 2.24 bits per heavy atom. The standard InChI is InChI=1S/C13H25NO3/c1-4-17-12(15)8-6-10-14-9-5-7-11(14)13(2,3)16/h11,16H,4-10H2,1-3H3. The summed E-state index contributed by atoms with van der Waals surface area (Å²) < 4.78 is 4.89. The summed E-state index contributed by atoms with van der Waals surface area (Å²) in [5.74, 6) is -0.119. The molecule has 100 valence electrons. The van der Waals surface area contributed by atoms with Gasteiger partial charge in [-0.05, 0) is 53.1 Å². The van der Waals surface area contributed by atoms with Crippen LogP contribution in [0.2, 0.25) is 0 Å². The normalized spacial score (nSPS) is 21.8. The van der Waals surface area contributed by atoms with E-state index in [0.29, 0.717) is 13.0 Å². The largest absolute Gasteiger partial charge is 0.466 e. The Balaban J connectivity index is 2.29. The van der Waals surface area contributed by atoms with Gasteiger partial charge in [0.05, 0.1) is 12.2 Å². The lowest BCUT2D eigenvalue weighted by Gasteiger charge is -2.33. The molecule has 0 aromatic rings. The molecule has 17 heavy (non-hydrogen) atoms. The van der Waals surface area contributed by atoms with Gasteiger partial charge in [0.15, 0.2) is 0 Å². The zero-order valence-electron chi connectivity index (χ0n) is 11.2. The highest BCUT2D eigenvalue weighted by molar-refractivity contribution is 5.69. The Morgan fingerprint density at radius 1 is 1.53 bits per heavy atom. The molecular formula is C13H25NO3. The van der Waals surface area contributed by atoms with Crippen LogP contribution in [0, 0.1) is 0 Å². The maximum atomic E-state index is 11.2. The number of hydrogen-bond donors (Lipinski definition) is 1. The van der Waals surface area contributed by atoms with E-state index in [-0.39, 0.29) is 12.0 Å². The van der Waals surface area contributed by atoms with Crippen molar-refractivity contribution < 1.29 is 14.6 Å². The number of aliphatic hydroxyl groups is 1. The highest BCUT2D eigenvalue weighted by atomic mass is 16.5. The van der Waals surface area contributed by atoms with E-state index >= 15 is 0 Å². The summed E-state index contributed by atoms with van der Waals surface area (Å²) in [6.45, 7) is 7.89. The average Bonchev–Trinajstić information content (AvgIpc) is 2.65. The van der Waals surface area contributed by atoms with Crippen LogP contribution in [0.15, 0.2) is 0 Å². The molecule has 1 rings (SSSR count). The fraction of sp³-hybridized carbons (Fsp3) is 0.923. The molecule has 1 aliphatic rings. The Morgan fingerprint density at radius 3 is 2.82 bits per heavy atom. The third-order valence-corrected chi connectivity index (χ3v) is 3.31. The van der Waals surface area contributed by atoms with Crippen LogP contribution in [0.4, 0.5) is 0 Å². The third-order valence-electron chi connectivity index (χ3n) is 3.31. The minimum Gasteiger partial charge on any atom is -0.466 e. The number of carbonyl (C=O) groups is 1. The summed E-state index contributed by atoms with van der Waals surface area (Å²) in [5, 5.41) is 10.0. The fourth-order valence-electron chi connectivity index (χ4n) is 2.55. The van der Waals surface area contributed by atoms with Gasteiger partial charge in [0.1, 0.15) is 0 Å². The first-order valence-corrected chi connectivity index (χ1v) is 6.57. The second-order valence-electron chi connectivity index (χ2n) is 5.26. The fourth-order valence-corrected chi connectivity index (χ4v) is 2.55. The number of nitrogens with zero attached hydrogens (tertiary/aromatic N) is 1. The molecule has 1 aliphatic heterocycles. The number of esters is 1. The molecule has 1 atom stereocenters. The van der Waals surface area contributed by atoms with Gasteiger partial charge in [0, 0.05) is 12.5 Å². The summed E-state index contributed by atoms with van der Waals surface area (Å²) in [4.78, 5) is 13.5. The number of carbonyl (C=O) groups excluding carboxylic acids is 1. The Hall–Kier alpha value is -0.610. The van der Waals surface area contributed by atoms with Crippen LogP contribution in [-0.4, -0.2) is 47.3 Å². The summed E-state index contributed by atoms with van der Waals surface area (Å²) in [6.07, 6.45) is 3.46. The molecule has 0 amide bonds. The molecule has 1 N–H and O–H groups in total. The first-order valence-electron chi connectivity index (χ1n) is 6.57. The van der Waals surface area contributed by atoms with Crippen molar-refractivity contribution in [2.24, 2.45) is 0 Å². The monoisotopic (exact) mass is 243 g/mol. The molecule has 0 radical (unpaired) electrons. The minimum absolute atomic E-state index is 0.119. The predicted molar refractivity (Wildman–Crippen MR) is 66.8 cm³/mol. The zero-order valence-corrected chi connectivity index (χ0v) is 11.2. The van der Waals surface area contributed by atoms with Gasteiger partial charge in [-0.25, -0.2) is 0 Å². The van der Waals surface area contributed by atoms with Crippen molar-refractivity contribution in [2.75, 3.05) is 19.7 Å². The van der Waals surface area contributed by atoms with E-state index in [4.69, 9.17) is 4.74 Å². The van der Waals surface area contributed by atoms with Gasteiger partial charge >= 0.3 is 5.97 Å². The second-order valence-corrected chi connectivity index (χ2v) is 5.26. The lowest BCUT2D eigenvalue weighted by molar-refractivity contribution is -0.143. The second kappa shape index (κ2) is 6.36. The number of rotatable bonds is 6. The lowest BCUT2D eigenvalue weighted by atomic mass is 9.96. The summed E-state index contributed by atoms with van der Waals surface area (Å²) in [6, 6.07) is 0.227. The first kappa shape index (κ1) is 14.5. The SMILES string of the molecule is CCOC(=O)CCCN1CCCC1C(C)(C)O. The van der Waals surface area contributed by atoms with Crippen molar-refractivity contribution in [3.8, 4) is 0 Å². The van der Waals surface area contributed by atoms with E-state index < -0.39 is 5.60 Å². The average molecular weight is 243 g/mol. The van der Waals surface area contributed by atoms with E-state index in [1.54, 1.807) is 0 Å². The Bertz CT molecular complexity index is 248. The molecule has 0 aliphatic carbocycles. The molecule has 1 heterocycles. The smallest absolute Gasteiger partial charge is 0.305 e. The maximum absolute atomic E-state index is 11.2. The molecule has 1 fully saturated rings. The van der Waals surface area contributed by atoms with Crippen molar-refractivity contribution >= 4 is 5.97 Å². The highest BCUT2D eigenvalue weighted by Crippen LogP contribution is 2.26. The number of hydrogen-bond acceptors (Lipinski definition) is 4. The molecule has 0 aromatic heterocycles. The maximum Gasteiger partial charge on any atom is 0.305 e. The van der Waals surface area contributed by atoms with Crippen LogP contribution in [-0.2, 0) is 9.53 Å². The Kier molecular flexibility index (Phi) is 5.40. The van der Waals surface area contributed by atoms with Gasteiger partial charge in [-0.3, -0.25) is 9.69 Å². The van der Waals surface area contributed by atoms with Crippen molar-refractivity contribution in [2.45, 2.75) is 58.1 Å². The van der Waals surface area contributed by atoms with Gasteiger partial charge in [-0.1, -0.05) is 0 Å². The van der Waals surface area contributed by atoms with Crippen LogP contribution in [0.1, 0.15) is 46.5 Å². The summed E-state index contributed by atoms with van der Waals surface area (Å²) >= 11 is 0. The molecule has 0 bridgehead atoms. The summed E-state index contributed by atoms with van der Waals surface area (Å²) in [5.41, 5.74) is -0.652. The lowest BCUT2D eigenvalue weighted by Crippen LogP contribution is -2.45. The van der Waals surface area contributed by atoms with E-state index in [2.05, 4.69) is 4.90 Å². The summed E-state index contributed by atoms with van der Waals surface area (Å²) in [7, 11) is 0. The van der Waals surface area contributed by atoms with Crippen LogP contribution in [0.3, 0.4) is 0 Å². The predicted octanol–water partition coefficient (Wildman–Crippen LogP) is 1.56. The van der Waals surface area contributed by atoms with Gasteiger partial charge in [0.2, 0.25) is 0 Å². The Labute approximate surface area is 104 Å². The number of ether oxygens (including phenoxy) is 1. The molecule has 4 heteroatoms.